The second kappa shape index (κ2) is 6.41. The predicted octanol–water partition coefficient (Wildman–Crippen LogP) is 6.82. The van der Waals surface area contributed by atoms with Crippen molar-refractivity contribution >= 4 is 47.2 Å². The average Bonchev–Trinajstić information content (AvgIpc) is 3.15. The molecule has 129 valence electrons. The van der Waals surface area contributed by atoms with Gasteiger partial charge < -0.3 is 0 Å². The van der Waals surface area contributed by atoms with Crippen LogP contribution in [-0.2, 0) is 6.42 Å². The van der Waals surface area contributed by atoms with E-state index in [1.807, 2.05) is 0 Å². The summed E-state index contributed by atoms with van der Waals surface area (Å²) in [7, 11) is -0.278. The van der Waals surface area contributed by atoms with E-state index < -0.39 is 0 Å². The Morgan fingerprint density at radius 3 is 2.56 bits per heavy atom. The van der Waals surface area contributed by atoms with Gasteiger partial charge in [0.25, 0.3) is 0 Å². The smallest absolute Gasteiger partial charge is 0.0556 e. The van der Waals surface area contributed by atoms with Gasteiger partial charge in [0.2, 0.25) is 0 Å². The summed E-state index contributed by atoms with van der Waals surface area (Å²) in [4.78, 5) is 0. The van der Waals surface area contributed by atoms with Gasteiger partial charge in [-0.25, -0.2) is 0 Å². The van der Waals surface area contributed by atoms with Crippen LogP contribution < -0.4 is 0 Å². The molecule has 0 N–H and O–H groups in total. The molecule has 27 heavy (non-hydrogen) atoms. The minimum atomic E-state index is -0.278. The fraction of sp³-hybridized carbons (Fsp3) is 0.154. The molecule has 4 aromatic carbocycles. The molecule has 1 aliphatic carbocycles. The molecule has 0 fully saturated rings. The van der Waals surface area contributed by atoms with Crippen LogP contribution in [0.3, 0.4) is 0 Å². The SMILES string of the molecule is C[Si](C)CC#Cc1ccc2cc3c(ccc4c5c(ccc43)CC=C5)cc2c1. The summed E-state index contributed by atoms with van der Waals surface area (Å²) in [6, 6.07) is 21.4. The van der Waals surface area contributed by atoms with Gasteiger partial charge in [-0.05, 0) is 74.1 Å². The van der Waals surface area contributed by atoms with Gasteiger partial charge in [-0.2, -0.15) is 0 Å². The number of benzene rings is 4. The Kier molecular flexibility index (Phi) is 3.88. The van der Waals surface area contributed by atoms with Gasteiger partial charge in [0.05, 0.1) is 8.80 Å². The highest BCUT2D eigenvalue weighted by Gasteiger charge is 2.11. The van der Waals surface area contributed by atoms with E-state index in [1.165, 1.54) is 43.4 Å². The van der Waals surface area contributed by atoms with Crippen molar-refractivity contribution in [3.63, 3.8) is 0 Å². The lowest BCUT2D eigenvalue weighted by Gasteiger charge is -2.10. The fourth-order valence-corrected chi connectivity index (χ4v) is 4.48. The first kappa shape index (κ1) is 16.4. The van der Waals surface area contributed by atoms with Crippen molar-refractivity contribution in [1.29, 1.82) is 0 Å². The van der Waals surface area contributed by atoms with E-state index >= 15 is 0 Å². The molecule has 0 aliphatic heterocycles. The largest absolute Gasteiger partial charge is 0.101 e. The minimum absolute atomic E-state index is 0.278. The van der Waals surface area contributed by atoms with E-state index in [-0.39, 0.29) is 8.80 Å². The lowest BCUT2D eigenvalue weighted by Crippen LogP contribution is -1.95. The van der Waals surface area contributed by atoms with Crippen molar-refractivity contribution in [3.05, 3.63) is 77.4 Å². The summed E-state index contributed by atoms with van der Waals surface area (Å²) in [5.74, 6) is 6.68. The molecule has 0 nitrogen and oxygen atoms in total. The molecule has 0 spiro atoms. The first-order chi connectivity index (χ1) is 13.2. The van der Waals surface area contributed by atoms with Gasteiger partial charge in [0, 0.05) is 11.6 Å². The molecule has 0 saturated heterocycles. The van der Waals surface area contributed by atoms with Crippen molar-refractivity contribution < 1.29 is 0 Å². The van der Waals surface area contributed by atoms with E-state index in [0.717, 1.165) is 18.0 Å². The van der Waals surface area contributed by atoms with Crippen molar-refractivity contribution in [2.75, 3.05) is 0 Å². The van der Waals surface area contributed by atoms with Crippen molar-refractivity contribution in [2.24, 2.45) is 0 Å². The number of fused-ring (bicyclic) bond motifs is 6. The molecule has 1 heteroatoms. The highest BCUT2D eigenvalue weighted by Crippen LogP contribution is 2.34. The average molecular weight is 362 g/mol. The van der Waals surface area contributed by atoms with E-state index in [2.05, 4.69) is 91.7 Å². The lowest BCUT2D eigenvalue weighted by atomic mass is 9.94. The summed E-state index contributed by atoms with van der Waals surface area (Å²) in [5, 5.41) is 7.91. The quantitative estimate of drug-likeness (QED) is 0.151. The normalized spacial score (nSPS) is 12.7. The van der Waals surface area contributed by atoms with Crippen LogP contribution in [0.15, 0.2) is 60.7 Å². The van der Waals surface area contributed by atoms with Crippen LogP contribution in [0.5, 0.6) is 0 Å². The number of hydrogen-bond donors (Lipinski definition) is 0. The predicted molar refractivity (Wildman–Crippen MR) is 121 cm³/mol. The summed E-state index contributed by atoms with van der Waals surface area (Å²) in [6.45, 7) is 4.61. The molecular formula is C26H21Si. The van der Waals surface area contributed by atoms with Crippen LogP contribution >= 0.6 is 0 Å². The first-order valence-electron chi connectivity index (χ1n) is 9.56. The Hall–Kier alpha value is -2.82. The maximum absolute atomic E-state index is 3.34. The summed E-state index contributed by atoms with van der Waals surface area (Å²) < 4.78 is 0. The maximum Gasteiger partial charge on any atom is 0.0556 e. The van der Waals surface area contributed by atoms with Crippen molar-refractivity contribution in [3.8, 4) is 11.8 Å². The van der Waals surface area contributed by atoms with E-state index in [4.69, 9.17) is 0 Å². The lowest BCUT2D eigenvalue weighted by molar-refractivity contribution is 1.32. The maximum atomic E-state index is 3.34. The summed E-state index contributed by atoms with van der Waals surface area (Å²) >= 11 is 0. The van der Waals surface area contributed by atoms with Crippen molar-refractivity contribution in [2.45, 2.75) is 25.6 Å². The molecule has 0 aromatic heterocycles. The summed E-state index contributed by atoms with van der Waals surface area (Å²) in [6.07, 6.45) is 5.59. The number of rotatable bonds is 1. The highest BCUT2D eigenvalue weighted by molar-refractivity contribution is 6.56. The molecule has 0 heterocycles. The first-order valence-corrected chi connectivity index (χ1v) is 12.3. The van der Waals surface area contributed by atoms with Crippen LogP contribution in [0, 0.1) is 11.8 Å². The van der Waals surface area contributed by atoms with Gasteiger partial charge in [0.15, 0.2) is 0 Å². The third-order valence-corrected chi connectivity index (χ3v) is 6.29. The Balaban J connectivity index is 1.68. The molecule has 5 rings (SSSR count). The molecule has 4 aromatic rings. The van der Waals surface area contributed by atoms with Crippen LogP contribution in [-0.4, -0.2) is 8.80 Å². The third-order valence-electron chi connectivity index (χ3n) is 5.40. The Morgan fingerprint density at radius 2 is 1.67 bits per heavy atom. The topological polar surface area (TPSA) is 0 Å². The molecule has 0 unspecified atom stereocenters. The standard InChI is InChI=1S/C26H21Si/c1-27(2)14-4-5-18-8-9-20-17-26-21(16-22(20)15-18)11-13-24-23-7-3-6-19(23)10-12-25(24)26/h3,7-13,15-17H,6,14H2,1-2H3. The van der Waals surface area contributed by atoms with Gasteiger partial charge in [-0.3, -0.25) is 0 Å². The van der Waals surface area contributed by atoms with E-state index in [1.54, 1.807) is 0 Å². The van der Waals surface area contributed by atoms with Gasteiger partial charge in [-0.1, -0.05) is 61.5 Å². The zero-order valence-corrected chi connectivity index (χ0v) is 16.8. The molecule has 0 atom stereocenters. The van der Waals surface area contributed by atoms with Gasteiger partial charge >= 0.3 is 0 Å². The van der Waals surface area contributed by atoms with E-state index in [9.17, 15) is 0 Å². The minimum Gasteiger partial charge on any atom is -0.101 e. The van der Waals surface area contributed by atoms with Crippen LogP contribution in [0.1, 0.15) is 16.7 Å². The molecule has 0 bridgehead atoms. The van der Waals surface area contributed by atoms with Crippen LogP contribution in [0.4, 0.5) is 0 Å². The van der Waals surface area contributed by atoms with E-state index in [0.29, 0.717) is 0 Å². The molecule has 0 saturated carbocycles. The molecule has 1 aliphatic rings. The number of hydrogen-bond acceptors (Lipinski definition) is 0. The van der Waals surface area contributed by atoms with Crippen molar-refractivity contribution in [1.82, 2.24) is 0 Å². The highest BCUT2D eigenvalue weighted by atomic mass is 28.3. The zero-order valence-electron chi connectivity index (χ0n) is 15.8. The Morgan fingerprint density at radius 1 is 0.815 bits per heavy atom. The Bertz CT molecular complexity index is 1300. The third kappa shape index (κ3) is 2.87. The zero-order chi connectivity index (χ0) is 18.4. The van der Waals surface area contributed by atoms with Crippen LogP contribution in [0.25, 0.3) is 38.4 Å². The van der Waals surface area contributed by atoms with Crippen LogP contribution in [0.2, 0.25) is 19.1 Å². The molecular weight excluding hydrogens is 340 g/mol. The van der Waals surface area contributed by atoms with Gasteiger partial charge in [-0.15, -0.1) is 5.92 Å². The number of allylic oxidation sites excluding steroid dienone is 1. The second-order valence-corrected chi connectivity index (χ2v) is 10.5. The summed E-state index contributed by atoms with van der Waals surface area (Å²) in [5.41, 5.74) is 3.95. The Labute approximate surface area is 162 Å². The molecule has 1 radical (unpaired) electrons. The van der Waals surface area contributed by atoms with Gasteiger partial charge in [0.1, 0.15) is 0 Å². The monoisotopic (exact) mass is 361 g/mol. The fourth-order valence-electron chi connectivity index (χ4n) is 4.03. The second-order valence-electron chi connectivity index (χ2n) is 7.73. The molecule has 0 amide bonds.